The zero-order valence-electron chi connectivity index (χ0n) is 10.3. The number of hydrogen-bond acceptors (Lipinski definition) is 5. The topological polar surface area (TPSA) is 105 Å². The second kappa shape index (κ2) is 8.55. The Morgan fingerprint density at radius 1 is 1.28 bits per heavy atom. The number of carboxylic acids is 2. The summed E-state index contributed by atoms with van der Waals surface area (Å²) in [6, 6.07) is -1.09. The lowest BCUT2D eigenvalue weighted by molar-refractivity contribution is -0.140. The lowest BCUT2D eigenvalue weighted by atomic mass is 10.2. The fourth-order valence-corrected chi connectivity index (χ4v) is 3.69. The SMILES string of the molecule is CCOP(=S)(N[C@@H](CCC(=O)O)C(=O)O)OCC. The molecule has 0 rings (SSSR count). The summed E-state index contributed by atoms with van der Waals surface area (Å²) in [4.78, 5) is 21.4. The highest BCUT2D eigenvalue weighted by molar-refractivity contribution is 8.09. The molecule has 0 bridgehead atoms. The fraction of sp³-hybridized carbons (Fsp3) is 0.778. The monoisotopic (exact) mass is 299 g/mol. The van der Waals surface area contributed by atoms with Crippen molar-refractivity contribution in [2.24, 2.45) is 0 Å². The van der Waals surface area contributed by atoms with Crippen molar-refractivity contribution < 1.29 is 28.8 Å². The van der Waals surface area contributed by atoms with Crippen LogP contribution in [0.2, 0.25) is 0 Å². The Hall–Kier alpha value is -0.530. The first-order chi connectivity index (χ1) is 8.34. The van der Waals surface area contributed by atoms with Gasteiger partial charge in [0.05, 0.1) is 13.2 Å². The molecule has 1 atom stereocenters. The minimum Gasteiger partial charge on any atom is -0.481 e. The Bertz CT molecular complexity index is 327. The van der Waals surface area contributed by atoms with Crippen LogP contribution in [0.1, 0.15) is 26.7 Å². The van der Waals surface area contributed by atoms with Crippen molar-refractivity contribution in [1.29, 1.82) is 0 Å². The maximum absolute atomic E-state index is 11.0. The van der Waals surface area contributed by atoms with E-state index in [0.29, 0.717) is 0 Å². The van der Waals surface area contributed by atoms with E-state index in [4.69, 9.17) is 31.1 Å². The summed E-state index contributed by atoms with van der Waals surface area (Å²) in [6.07, 6.45) is -0.346. The van der Waals surface area contributed by atoms with Gasteiger partial charge in [0.1, 0.15) is 6.04 Å². The molecule has 7 nitrogen and oxygen atoms in total. The van der Waals surface area contributed by atoms with E-state index in [9.17, 15) is 9.59 Å². The first kappa shape index (κ1) is 17.5. The van der Waals surface area contributed by atoms with Gasteiger partial charge in [0.25, 0.3) is 6.64 Å². The Morgan fingerprint density at radius 3 is 2.11 bits per heavy atom. The van der Waals surface area contributed by atoms with E-state index >= 15 is 0 Å². The smallest absolute Gasteiger partial charge is 0.321 e. The van der Waals surface area contributed by atoms with E-state index < -0.39 is 24.6 Å². The third-order valence-corrected chi connectivity index (χ3v) is 4.63. The minimum absolute atomic E-state index is 0.0802. The molecular weight excluding hydrogens is 281 g/mol. The van der Waals surface area contributed by atoms with E-state index in [1.165, 1.54) is 0 Å². The third kappa shape index (κ3) is 7.03. The molecule has 0 aromatic rings. The molecule has 0 aliphatic rings. The highest BCUT2D eigenvalue weighted by Crippen LogP contribution is 2.44. The predicted octanol–water partition coefficient (Wildman–Crippen LogP) is 1.19. The largest absolute Gasteiger partial charge is 0.481 e. The van der Waals surface area contributed by atoms with Crippen LogP contribution in [-0.4, -0.2) is 41.4 Å². The van der Waals surface area contributed by atoms with Gasteiger partial charge in [0.15, 0.2) is 0 Å². The molecule has 106 valence electrons. The molecule has 0 aromatic heterocycles. The Balaban J connectivity index is 4.65. The molecule has 0 spiro atoms. The van der Waals surface area contributed by atoms with Crippen LogP contribution in [0.3, 0.4) is 0 Å². The van der Waals surface area contributed by atoms with E-state index in [1.54, 1.807) is 13.8 Å². The molecule has 0 fully saturated rings. The van der Waals surface area contributed by atoms with Gasteiger partial charge in [-0.25, -0.2) is 5.09 Å². The van der Waals surface area contributed by atoms with Gasteiger partial charge in [-0.3, -0.25) is 9.59 Å². The molecule has 0 unspecified atom stereocenters. The van der Waals surface area contributed by atoms with Gasteiger partial charge >= 0.3 is 11.9 Å². The van der Waals surface area contributed by atoms with Crippen LogP contribution in [-0.2, 0) is 30.4 Å². The van der Waals surface area contributed by atoms with E-state index in [-0.39, 0.29) is 26.1 Å². The maximum Gasteiger partial charge on any atom is 0.321 e. The molecular formula is C9H18NO6PS. The Morgan fingerprint density at radius 2 is 1.78 bits per heavy atom. The average molecular weight is 299 g/mol. The normalized spacial score (nSPS) is 13.2. The predicted molar refractivity (Wildman–Crippen MR) is 69.0 cm³/mol. The molecule has 0 aliphatic carbocycles. The minimum atomic E-state index is -2.88. The van der Waals surface area contributed by atoms with Crippen molar-refractivity contribution in [3.63, 3.8) is 0 Å². The standard InChI is InChI=1S/C9H18NO6PS/c1-3-15-17(18,16-4-2)10-7(9(13)14)5-6-8(11)12/h7H,3-6H2,1-2H3,(H,10,18)(H,11,12)(H,13,14)/t7-/m0/s1. The lowest BCUT2D eigenvalue weighted by Crippen LogP contribution is -2.36. The average Bonchev–Trinajstić information content (AvgIpc) is 2.24. The molecule has 0 saturated carbocycles. The summed E-state index contributed by atoms with van der Waals surface area (Å²) in [7, 11) is 0. The first-order valence-electron chi connectivity index (χ1n) is 5.46. The molecule has 0 heterocycles. The van der Waals surface area contributed by atoms with Crippen LogP contribution in [0.25, 0.3) is 0 Å². The molecule has 0 radical (unpaired) electrons. The van der Waals surface area contributed by atoms with Crippen LogP contribution >= 0.6 is 6.64 Å². The zero-order valence-corrected chi connectivity index (χ0v) is 12.0. The van der Waals surface area contributed by atoms with Crippen LogP contribution in [0, 0.1) is 0 Å². The lowest BCUT2D eigenvalue weighted by Gasteiger charge is -2.25. The first-order valence-corrected chi connectivity index (χ1v) is 8.10. The van der Waals surface area contributed by atoms with Gasteiger partial charge in [0.2, 0.25) is 0 Å². The van der Waals surface area contributed by atoms with Crippen molar-refractivity contribution in [3.8, 4) is 0 Å². The number of nitrogens with one attached hydrogen (secondary N) is 1. The Kier molecular flexibility index (Phi) is 8.30. The second-order valence-electron chi connectivity index (χ2n) is 3.29. The summed E-state index contributed by atoms with van der Waals surface area (Å²) < 4.78 is 10.5. The van der Waals surface area contributed by atoms with Crippen LogP contribution < -0.4 is 5.09 Å². The van der Waals surface area contributed by atoms with Crippen molar-refractivity contribution in [1.82, 2.24) is 5.09 Å². The third-order valence-electron chi connectivity index (χ3n) is 1.86. The second-order valence-corrected chi connectivity index (χ2v) is 6.50. The maximum atomic E-state index is 11.0. The molecule has 9 heteroatoms. The number of aliphatic carboxylic acids is 2. The van der Waals surface area contributed by atoms with Gasteiger partial charge in [-0.2, -0.15) is 0 Å². The van der Waals surface area contributed by atoms with Gasteiger partial charge in [-0.1, -0.05) is 0 Å². The molecule has 0 aliphatic heterocycles. The van der Waals surface area contributed by atoms with Crippen molar-refractivity contribution in [2.75, 3.05) is 13.2 Å². The van der Waals surface area contributed by atoms with Crippen molar-refractivity contribution >= 4 is 30.4 Å². The summed E-state index contributed by atoms with van der Waals surface area (Å²) in [6.45, 7) is 1.13. The summed E-state index contributed by atoms with van der Waals surface area (Å²) in [5, 5.41) is 20.1. The highest BCUT2D eigenvalue weighted by atomic mass is 32.5. The molecule has 0 aromatic carbocycles. The van der Waals surface area contributed by atoms with Gasteiger partial charge < -0.3 is 19.3 Å². The van der Waals surface area contributed by atoms with E-state index in [0.717, 1.165) is 0 Å². The van der Waals surface area contributed by atoms with E-state index in [1.807, 2.05) is 0 Å². The van der Waals surface area contributed by atoms with E-state index in [2.05, 4.69) is 5.09 Å². The number of carboxylic acid groups (broad SMARTS) is 2. The molecule has 18 heavy (non-hydrogen) atoms. The number of rotatable bonds is 10. The summed E-state index contributed by atoms with van der Waals surface area (Å²) in [5.74, 6) is -2.24. The molecule has 0 saturated heterocycles. The Labute approximate surface area is 111 Å². The quantitative estimate of drug-likeness (QED) is 0.517. The molecule has 3 N–H and O–H groups in total. The molecule has 0 amide bonds. The van der Waals surface area contributed by atoms with Gasteiger partial charge in [-0.15, -0.1) is 0 Å². The fourth-order valence-electron chi connectivity index (χ4n) is 1.15. The number of hydrogen-bond donors (Lipinski definition) is 3. The van der Waals surface area contributed by atoms with Crippen molar-refractivity contribution in [2.45, 2.75) is 32.7 Å². The highest BCUT2D eigenvalue weighted by Gasteiger charge is 2.27. The van der Waals surface area contributed by atoms with Crippen molar-refractivity contribution in [3.05, 3.63) is 0 Å². The van der Waals surface area contributed by atoms with Crippen LogP contribution in [0.5, 0.6) is 0 Å². The number of carbonyl (C=O) groups is 2. The van der Waals surface area contributed by atoms with Crippen LogP contribution in [0.15, 0.2) is 0 Å². The zero-order chi connectivity index (χ0) is 14.2. The summed E-state index contributed by atoms with van der Waals surface area (Å²) >= 11 is 5.12. The van der Waals surface area contributed by atoms with Gasteiger partial charge in [0, 0.05) is 6.42 Å². The van der Waals surface area contributed by atoms with Gasteiger partial charge in [-0.05, 0) is 32.1 Å². The van der Waals surface area contributed by atoms with Crippen LogP contribution in [0.4, 0.5) is 0 Å². The summed E-state index contributed by atoms with van der Waals surface area (Å²) in [5.41, 5.74) is 0.